The Morgan fingerprint density at radius 2 is 1.74 bits per heavy atom. The highest BCUT2D eigenvalue weighted by atomic mass is 35.5. The minimum Gasteiger partial charge on any atom is -0.490 e. The molecule has 0 aliphatic carbocycles. The molecule has 0 saturated heterocycles. The van der Waals surface area contributed by atoms with Gasteiger partial charge in [0.15, 0.2) is 11.5 Å². The molecule has 0 fully saturated rings. The maximum absolute atomic E-state index is 14.0. The van der Waals surface area contributed by atoms with E-state index in [2.05, 4.69) is 36.5 Å². The largest absolute Gasteiger partial charge is 0.490 e. The third-order valence-corrected chi connectivity index (χ3v) is 5.43. The molecular weight excluding hydrogens is 413 g/mol. The molecule has 5 heteroatoms. The Kier molecular flexibility index (Phi) is 8.74. The molecule has 0 heterocycles. The lowest BCUT2D eigenvalue weighted by Gasteiger charge is -2.19. The van der Waals surface area contributed by atoms with Crippen LogP contribution < -0.4 is 14.8 Å². The molecule has 164 valence electrons. The predicted molar refractivity (Wildman–Crippen MR) is 124 cm³/mol. The van der Waals surface area contributed by atoms with Crippen molar-refractivity contribution in [1.82, 2.24) is 5.32 Å². The van der Waals surface area contributed by atoms with Gasteiger partial charge in [0.1, 0.15) is 12.4 Å². The lowest BCUT2D eigenvalue weighted by molar-refractivity contribution is 0.265. The van der Waals surface area contributed by atoms with Gasteiger partial charge in [-0.25, -0.2) is 4.39 Å². The maximum Gasteiger partial charge on any atom is 0.161 e. The van der Waals surface area contributed by atoms with Crippen molar-refractivity contribution in [2.24, 2.45) is 0 Å². The molecule has 0 bridgehead atoms. The van der Waals surface area contributed by atoms with Crippen LogP contribution in [-0.2, 0) is 13.2 Å². The third-order valence-electron chi connectivity index (χ3n) is 5.07. The molecule has 0 aliphatic heterocycles. The van der Waals surface area contributed by atoms with Gasteiger partial charge < -0.3 is 14.8 Å². The van der Waals surface area contributed by atoms with Crippen molar-refractivity contribution in [2.45, 2.75) is 45.9 Å². The smallest absolute Gasteiger partial charge is 0.161 e. The van der Waals surface area contributed by atoms with Crippen LogP contribution in [0.3, 0.4) is 0 Å². The molecular formula is C26H29ClFNO2. The predicted octanol–water partition coefficient (Wildman–Crippen LogP) is 7.09. The van der Waals surface area contributed by atoms with E-state index in [-0.39, 0.29) is 12.4 Å². The average Bonchev–Trinajstić information content (AvgIpc) is 2.78. The van der Waals surface area contributed by atoms with Crippen LogP contribution in [0.25, 0.3) is 0 Å². The number of hydrogen-bond acceptors (Lipinski definition) is 3. The molecule has 0 aliphatic rings. The van der Waals surface area contributed by atoms with Gasteiger partial charge >= 0.3 is 0 Å². The Morgan fingerprint density at radius 3 is 2.45 bits per heavy atom. The van der Waals surface area contributed by atoms with Crippen molar-refractivity contribution < 1.29 is 13.9 Å². The monoisotopic (exact) mass is 441 g/mol. The fourth-order valence-corrected chi connectivity index (χ4v) is 3.69. The number of ether oxygens (including phenoxy) is 2. The minimum atomic E-state index is -0.380. The Bertz CT molecular complexity index is 945. The van der Waals surface area contributed by atoms with E-state index in [1.54, 1.807) is 12.1 Å². The molecule has 3 aromatic carbocycles. The molecule has 0 aromatic heterocycles. The van der Waals surface area contributed by atoms with Gasteiger partial charge in [-0.15, -0.1) is 0 Å². The third kappa shape index (κ3) is 6.46. The fourth-order valence-electron chi connectivity index (χ4n) is 3.47. The first-order valence-electron chi connectivity index (χ1n) is 10.7. The lowest BCUT2D eigenvalue weighted by Crippen LogP contribution is -2.20. The number of halogens is 2. The minimum absolute atomic E-state index is 0.0375. The van der Waals surface area contributed by atoms with Gasteiger partial charge in [-0.05, 0) is 48.7 Å². The fraction of sp³-hybridized carbons (Fsp3) is 0.308. The SMILES string of the molecule is CCCC(NCc1ccc(OCc2c(F)cccc2Cl)c(OCC)c1)c1ccccc1. The Balaban J connectivity index is 1.70. The zero-order valence-corrected chi connectivity index (χ0v) is 18.8. The second kappa shape index (κ2) is 11.7. The number of hydrogen-bond donors (Lipinski definition) is 1. The van der Waals surface area contributed by atoms with E-state index in [1.165, 1.54) is 11.6 Å². The number of nitrogens with one attached hydrogen (secondary N) is 1. The van der Waals surface area contributed by atoms with Gasteiger partial charge in [0.25, 0.3) is 0 Å². The quantitative estimate of drug-likeness (QED) is 0.344. The van der Waals surface area contributed by atoms with Crippen LogP contribution in [0.15, 0.2) is 66.7 Å². The second-order valence-corrected chi connectivity index (χ2v) is 7.74. The molecule has 0 spiro atoms. The summed E-state index contributed by atoms with van der Waals surface area (Å²) in [4.78, 5) is 0. The second-order valence-electron chi connectivity index (χ2n) is 7.34. The highest BCUT2D eigenvalue weighted by Crippen LogP contribution is 2.31. The Morgan fingerprint density at radius 1 is 0.935 bits per heavy atom. The van der Waals surface area contributed by atoms with E-state index in [0.29, 0.717) is 41.3 Å². The first-order chi connectivity index (χ1) is 15.1. The van der Waals surface area contributed by atoms with Crippen molar-refractivity contribution in [3.05, 3.63) is 94.3 Å². The van der Waals surface area contributed by atoms with Gasteiger partial charge in [0.05, 0.1) is 11.6 Å². The van der Waals surface area contributed by atoms with E-state index in [4.69, 9.17) is 21.1 Å². The van der Waals surface area contributed by atoms with E-state index in [1.807, 2.05) is 31.2 Å². The summed E-state index contributed by atoms with van der Waals surface area (Å²) in [6.45, 7) is 5.37. The topological polar surface area (TPSA) is 30.5 Å². The molecule has 1 N–H and O–H groups in total. The van der Waals surface area contributed by atoms with Gasteiger partial charge in [-0.3, -0.25) is 0 Å². The van der Waals surface area contributed by atoms with Crippen LogP contribution in [0, 0.1) is 5.82 Å². The molecule has 0 saturated carbocycles. The van der Waals surface area contributed by atoms with Crippen molar-refractivity contribution in [3.8, 4) is 11.5 Å². The summed E-state index contributed by atoms with van der Waals surface area (Å²) >= 11 is 6.11. The van der Waals surface area contributed by atoms with Crippen molar-refractivity contribution >= 4 is 11.6 Å². The number of benzene rings is 3. The zero-order chi connectivity index (χ0) is 22.1. The van der Waals surface area contributed by atoms with Gasteiger partial charge in [0.2, 0.25) is 0 Å². The first-order valence-corrected chi connectivity index (χ1v) is 11.1. The lowest BCUT2D eigenvalue weighted by atomic mass is 10.0. The highest BCUT2D eigenvalue weighted by Gasteiger charge is 2.13. The summed E-state index contributed by atoms with van der Waals surface area (Å²) < 4.78 is 25.7. The summed E-state index contributed by atoms with van der Waals surface area (Å²) in [6, 6.07) is 21.2. The highest BCUT2D eigenvalue weighted by molar-refractivity contribution is 6.31. The average molecular weight is 442 g/mol. The van der Waals surface area contributed by atoms with Crippen molar-refractivity contribution in [3.63, 3.8) is 0 Å². The van der Waals surface area contributed by atoms with E-state index in [9.17, 15) is 4.39 Å². The summed E-state index contributed by atoms with van der Waals surface area (Å²) in [6.07, 6.45) is 2.16. The van der Waals surface area contributed by atoms with Crippen LogP contribution in [0.5, 0.6) is 11.5 Å². The van der Waals surface area contributed by atoms with Crippen LogP contribution in [0.4, 0.5) is 4.39 Å². The van der Waals surface area contributed by atoms with Gasteiger partial charge in [0, 0.05) is 18.2 Å². The van der Waals surface area contributed by atoms with E-state index < -0.39 is 0 Å². The van der Waals surface area contributed by atoms with Crippen molar-refractivity contribution in [2.75, 3.05) is 6.61 Å². The summed E-state index contributed by atoms with van der Waals surface area (Å²) in [5.74, 6) is 0.827. The molecule has 1 atom stereocenters. The molecule has 3 rings (SSSR count). The van der Waals surface area contributed by atoms with Crippen LogP contribution >= 0.6 is 11.6 Å². The first kappa shape index (κ1) is 23.1. The molecule has 3 aromatic rings. The molecule has 1 unspecified atom stereocenters. The van der Waals surface area contributed by atoms with Crippen LogP contribution in [0.1, 0.15) is 49.4 Å². The molecule has 0 radical (unpaired) electrons. The number of rotatable bonds is 11. The van der Waals surface area contributed by atoms with Crippen LogP contribution in [-0.4, -0.2) is 6.61 Å². The zero-order valence-electron chi connectivity index (χ0n) is 18.0. The molecule has 0 amide bonds. The van der Waals surface area contributed by atoms with Crippen molar-refractivity contribution in [1.29, 1.82) is 0 Å². The Hall–Kier alpha value is -2.56. The van der Waals surface area contributed by atoms with E-state index >= 15 is 0 Å². The standard InChI is InChI=1S/C26H29ClFNO2/c1-3-9-24(20-10-6-5-7-11-20)29-17-19-14-15-25(26(16-19)30-4-2)31-18-21-22(27)12-8-13-23(21)28/h5-8,10-16,24,29H,3-4,9,17-18H2,1-2H3. The van der Waals surface area contributed by atoms with E-state index in [0.717, 1.165) is 18.4 Å². The summed E-state index contributed by atoms with van der Waals surface area (Å²) in [5.41, 5.74) is 2.72. The maximum atomic E-state index is 14.0. The molecule has 3 nitrogen and oxygen atoms in total. The normalized spacial score (nSPS) is 11.9. The summed E-state index contributed by atoms with van der Waals surface area (Å²) in [5, 5.41) is 4.00. The Labute approximate surface area is 189 Å². The van der Waals surface area contributed by atoms with Crippen LogP contribution in [0.2, 0.25) is 5.02 Å². The van der Waals surface area contributed by atoms with Gasteiger partial charge in [-0.1, -0.05) is 67.4 Å². The summed E-state index contributed by atoms with van der Waals surface area (Å²) in [7, 11) is 0. The molecule has 31 heavy (non-hydrogen) atoms. The van der Waals surface area contributed by atoms with Gasteiger partial charge in [-0.2, -0.15) is 0 Å².